The molecule has 0 aromatic heterocycles. The van der Waals surface area contributed by atoms with Crippen molar-refractivity contribution >= 4 is 29.4 Å². The summed E-state index contributed by atoms with van der Waals surface area (Å²) in [7, 11) is 0. The number of carbonyl (C=O) groups is 1. The number of carbonyl (C=O) groups excluding carboxylic acids is 1. The average Bonchev–Trinajstić information content (AvgIpc) is 2.67. The van der Waals surface area contributed by atoms with Crippen LogP contribution in [-0.4, -0.2) is 23.5 Å². The highest BCUT2D eigenvalue weighted by molar-refractivity contribution is 8.16. The number of ether oxygens (including phenoxy) is 1. The Morgan fingerprint density at radius 3 is 2.35 bits per heavy atom. The topological polar surface area (TPSA) is 38.3 Å². The van der Waals surface area contributed by atoms with Gasteiger partial charge < -0.3 is 10.1 Å². The predicted octanol–water partition coefficient (Wildman–Crippen LogP) is 5.27. The summed E-state index contributed by atoms with van der Waals surface area (Å²) < 4.78 is 6.14. The van der Waals surface area contributed by atoms with Crippen molar-refractivity contribution in [3.63, 3.8) is 0 Å². The van der Waals surface area contributed by atoms with Gasteiger partial charge in [-0.25, -0.2) is 0 Å². The van der Waals surface area contributed by atoms with Gasteiger partial charge >= 0.3 is 0 Å². The summed E-state index contributed by atoms with van der Waals surface area (Å²) in [6.45, 7) is 4.52. The summed E-state index contributed by atoms with van der Waals surface area (Å²) in [4.78, 5) is 12.4. The van der Waals surface area contributed by atoms with Gasteiger partial charge in [0, 0.05) is 12.1 Å². The molecule has 0 radical (unpaired) electrons. The van der Waals surface area contributed by atoms with Gasteiger partial charge in [-0.3, -0.25) is 4.79 Å². The first kappa shape index (κ1) is 19.2. The van der Waals surface area contributed by atoms with Gasteiger partial charge in [-0.2, -0.15) is 0 Å². The largest absolute Gasteiger partial charge is 0.491 e. The summed E-state index contributed by atoms with van der Waals surface area (Å²) in [5.41, 5.74) is 3.07. The smallest absolute Gasteiger partial charge is 0.251 e. The van der Waals surface area contributed by atoms with Gasteiger partial charge in [-0.05, 0) is 67.2 Å². The van der Waals surface area contributed by atoms with E-state index in [1.54, 1.807) is 0 Å². The Bertz CT molecular complexity index is 708. The maximum Gasteiger partial charge on any atom is 0.251 e. The molecular formula is C21H25NO2S2. The van der Waals surface area contributed by atoms with Crippen LogP contribution in [0.4, 0.5) is 0 Å². The van der Waals surface area contributed by atoms with Crippen molar-refractivity contribution in [1.29, 1.82) is 0 Å². The highest BCUT2D eigenvalue weighted by atomic mass is 32.2. The summed E-state index contributed by atoms with van der Waals surface area (Å²) in [5.74, 6) is 3.26. The molecule has 0 atom stereocenters. The first-order valence-corrected chi connectivity index (χ1v) is 11.1. The van der Waals surface area contributed by atoms with E-state index < -0.39 is 0 Å². The van der Waals surface area contributed by atoms with E-state index in [2.05, 4.69) is 17.4 Å². The molecule has 5 heteroatoms. The van der Waals surface area contributed by atoms with Crippen LogP contribution in [0.5, 0.6) is 5.75 Å². The zero-order chi connectivity index (χ0) is 18.4. The van der Waals surface area contributed by atoms with Crippen molar-refractivity contribution in [2.45, 2.75) is 37.5 Å². The highest BCUT2D eigenvalue weighted by Gasteiger charge is 2.16. The first-order valence-electron chi connectivity index (χ1n) is 8.99. The lowest BCUT2D eigenvalue weighted by Crippen LogP contribution is -2.22. The molecule has 1 fully saturated rings. The molecule has 3 rings (SSSR count). The van der Waals surface area contributed by atoms with Crippen LogP contribution in [0.15, 0.2) is 48.5 Å². The fraction of sp³-hybridized carbons (Fsp3) is 0.381. The van der Waals surface area contributed by atoms with E-state index in [1.807, 2.05) is 73.8 Å². The number of hydrogen-bond acceptors (Lipinski definition) is 4. The fourth-order valence-electron chi connectivity index (χ4n) is 2.71. The van der Waals surface area contributed by atoms with Crippen molar-refractivity contribution < 1.29 is 9.53 Å². The highest BCUT2D eigenvalue weighted by Crippen LogP contribution is 2.43. The lowest BCUT2D eigenvalue weighted by Gasteiger charge is -2.21. The SMILES string of the molecule is CC(C)Oc1ccc(CNC(=O)c2ccc(C3SCCCS3)cc2)cc1. The van der Waals surface area contributed by atoms with E-state index in [9.17, 15) is 4.79 Å². The van der Waals surface area contributed by atoms with E-state index in [0.717, 1.165) is 11.3 Å². The second kappa shape index (κ2) is 9.38. The number of nitrogens with one attached hydrogen (secondary N) is 1. The second-order valence-corrected chi connectivity index (χ2v) is 9.27. The first-order chi connectivity index (χ1) is 12.6. The zero-order valence-electron chi connectivity index (χ0n) is 15.2. The van der Waals surface area contributed by atoms with Crippen LogP contribution in [0, 0.1) is 0 Å². The lowest BCUT2D eigenvalue weighted by atomic mass is 10.1. The molecule has 1 heterocycles. The molecule has 26 heavy (non-hydrogen) atoms. The normalized spacial score (nSPS) is 15.0. The van der Waals surface area contributed by atoms with Crippen LogP contribution in [-0.2, 0) is 6.54 Å². The zero-order valence-corrected chi connectivity index (χ0v) is 16.9. The Balaban J connectivity index is 1.53. The van der Waals surface area contributed by atoms with Crippen molar-refractivity contribution in [2.24, 2.45) is 0 Å². The number of benzene rings is 2. The van der Waals surface area contributed by atoms with Crippen LogP contribution >= 0.6 is 23.5 Å². The summed E-state index contributed by atoms with van der Waals surface area (Å²) in [6, 6.07) is 15.9. The Morgan fingerprint density at radius 1 is 1.08 bits per heavy atom. The van der Waals surface area contributed by atoms with Gasteiger partial charge in [0.2, 0.25) is 0 Å². The molecule has 3 nitrogen and oxygen atoms in total. The number of rotatable bonds is 6. The Kier molecular flexibility index (Phi) is 6.92. The monoisotopic (exact) mass is 387 g/mol. The van der Waals surface area contributed by atoms with E-state index in [4.69, 9.17) is 4.74 Å². The molecule has 0 unspecified atom stereocenters. The molecular weight excluding hydrogens is 362 g/mol. The van der Waals surface area contributed by atoms with Gasteiger partial charge in [0.15, 0.2) is 0 Å². The second-order valence-electron chi connectivity index (χ2n) is 6.54. The minimum Gasteiger partial charge on any atom is -0.491 e. The van der Waals surface area contributed by atoms with Crippen LogP contribution in [0.1, 0.15) is 46.3 Å². The number of thioether (sulfide) groups is 2. The van der Waals surface area contributed by atoms with Gasteiger partial charge in [-0.1, -0.05) is 24.3 Å². The maximum absolute atomic E-state index is 12.4. The maximum atomic E-state index is 12.4. The molecule has 1 amide bonds. The summed E-state index contributed by atoms with van der Waals surface area (Å²) >= 11 is 3.99. The molecule has 0 bridgehead atoms. The Morgan fingerprint density at radius 2 is 1.73 bits per heavy atom. The van der Waals surface area contributed by atoms with Crippen LogP contribution in [0.25, 0.3) is 0 Å². The van der Waals surface area contributed by atoms with Gasteiger partial charge in [-0.15, -0.1) is 23.5 Å². The number of amides is 1. The minimum absolute atomic E-state index is 0.0389. The molecule has 1 saturated heterocycles. The quantitative estimate of drug-likeness (QED) is 0.732. The molecule has 1 aliphatic rings. The van der Waals surface area contributed by atoms with Crippen LogP contribution in [0.2, 0.25) is 0 Å². The molecule has 2 aromatic rings. The van der Waals surface area contributed by atoms with Crippen LogP contribution < -0.4 is 10.1 Å². The number of hydrogen-bond donors (Lipinski definition) is 1. The third-order valence-electron chi connectivity index (χ3n) is 4.02. The molecule has 2 aromatic carbocycles. The minimum atomic E-state index is -0.0389. The van der Waals surface area contributed by atoms with E-state index in [0.29, 0.717) is 16.7 Å². The molecule has 1 aliphatic heterocycles. The third-order valence-corrected chi connectivity index (χ3v) is 7.04. The standard InChI is InChI=1S/C21H25NO2S2/c1-15(2)24-19-10-4-16(5-11-19)14-22-20(23)17-6-8-18(9-7-17)21-25-12-3-13-26-21/h4-11,15,21H,3,12-14H2,1-2H3,(H,22,23). The van der Waals surface area contributed by atoms with Crippen molar-refractivity contribution in [2.75, 3.05) is 11.5 Å². The Labute approximate surface area is 164 Å². The third kappa shape index (κ3) is 5.45. The molecule has 0 saturated carbocycles. The van der Waals surface area contributed by atoms with Gasteiger partial charge in [0.25, 0.3) is 5.91 Å². The lowest BCUT2D eigenvalue weighted by molar-refractivity contribution is 0.0951. The predicted molar refractivity (Wildman–Crippen MR) is 112 cm³/mol. The summed E-state index contributed by atoms with van der Waals surface area (Å²) in [6.07, 6.45) is 1.45. The van der Waals surface area contributed by atoms with Gasteiger partial charge in [0.1, 0.15) is 5.75 Å². The molecule has 0 aliphatic carbocycles. The van der Waals surface area contributed by atoms with Crippen molar-refractivity contribution in [3.8, 4) is 5.75 Å². The molecule has 1 N–H and O–H groups in total. The average molecular weight is 388 g/mol. The van der Waals surface area contributed by atoms with Crippen molar-refractivity contribution in [3.05, 3.63) is 65.2 Å². The van der Waals surface area contributed by atoms with Crippen LogP contribution in [0.3, 0.4) is 0 Å². The van der Waals surface area contributed by atoms with E-state index in [-0.39, 0.29) is 12.0 Å². The molecule has 0 spiro atoms. The van der Waals surface area contributed by atoms with Gasteiger partial charge in [0.05, 0.1) is 10.7 Å². The Hall–Kier alpha value is -1.59. The van der Waals surface area contributed by atoms with E-state index in [1.165, 1.54) is 23.5 Å². The fourth-order valence-corrected chi connectivity index (χ4v) is 5.61. The molecule has 138 valence electrons. The van der Waals surface area contributed by atoms with Crippen molar-refractivity contribution in [1.82, 2.24) is 5.32 Å². The summed E-state index contributed by atoms with van der Waals surface area (Å²) in [5, 5.41) is 2.98. The van der Waals surface area contributed by atoms with E-state index >= 15 is 0 Å².